The van der Waals surface area contributed by atoms with E-state index in [0.29, 0.717) is 13.1 Å². The van der Waals surface area contributed by atoms with Gasteiger partial charge in [-0.3, -0.25) is 0 Å². The first-order valence-corrected chi connectivity index (χ1v) is 10.00. The Labute approximate surface area is 165 Å². The van der Waals surface area contributed by atoms with Gasteiger partial charge in [-0.1, -0.05) is 39.0 Å². The molecule has 0 atom stereocenters. The molecule has 0 aliphatic carbocycles. The van der Waals surface area contributed by atoms with Gasteiger partial charge in [0.25, 0.3) is 0 Å². The predicted octanol–water partition coefficient (Wildman–Crippen LogP) is 5.62. The molecule has 0 saturated heterocycles. The molecule has 0 saturated carbocycles. The molecule has 3 aromatic rings. The summed E-state index contributed by atoms with van der Waals surface area (Å²) in [6.45, 7) is 7.71. The van der Waals surface area contributed by atoms with Crippen LogP contribution in [0.4, 0.5) is 10.5 Å². The van der Waals surface area contributed by atoms with Crippen LogP contribution in [0, 0.1) is 0 Å². The summed E-state index contributed by atoms with van der Waals surface area (Å²) in [5, 5.41) is 5.09. The van der Waals surface area contributed by atoms with E-state index >= 15 is 0 Å². The molecular formula is C22H27N3OS. The lowest BCUT2D eigenvalue weighted by Gasteiger charge is -2.24. The number of nitrogens with zero attached hydrogens (tertiary/aromatic N) is 2. The highest BCUT2D eigenvalue weighted by Crippen LogP contribution is 2.24. The van der Waals surface area contributed by atoms with Gasteiger partial charge >= 0.3 is 6.03 Å². The van der Waals surface area contributed by atoms with E-state index < -0.39 is 0 Å². The molecule has 0 unspecified atom stereocenters. The van der Waals surface area contributed by atoms with Gasteiger partial charge in [0.1, 0.15) is 0 Å². The number of thiophene rings is 1. The average molecular weight is 382 g/mol. The third kappa shape index (κ3) is 5.01. The van der Waals surface area contributed by atoms with Crippen LogP contribution in [0.15, 0.2) is 60.1 Å². The second-order valence-electron chi connectivity index (χ2n) is 7.80. The van der Waals surface area contributed by atoms with Gasteiger partial charge in [0, 0.05) is 29.5 Å². The van der Waals surface area contributed by atoms with E-state index in [1.807, 2.05) is 58.4 Å². The third-order valence-corrected chi connectivity index (χ3v) is 5.48. The van der Waals surface area contributed by atoms with Gasteiger partial charge in [-0.2, -0.15) is 0 Å². The van der Waals surface area contributed by atoms with Crippen molar-refractivity contribution in [2.45, 2.75) is 39.3 Å². The van der Waals surface area contributed by atoms with Crippen LogP contribution >= 0.6 is 11.3 Å². The summed E-state index contributed by atoms with van der Waals surface area (Å²) in [5.41, 5.74) is 3.26. The largest absolute Gasteiger partial charge is 0.353 e. The first-order valence-electron chi connectivity index (χ1n) is 9.12. The van der Waals surface area contributed by atoms with Crippen LogP contribution in [0.25, 0.3) is 0 Å². The maximum absolute atomic E-state index is 13.0. The molecule has 0 spiro atoms. The van der Waals surface area contributed by atoms with E-state index in [1.54, 1.807) is 11.3 Å². The van der Waals surface area contributed by atoms with Crippen LogP contribution in [-0.2, 0) is 25.6 Å². The fourth-order valence-electron chi connectivity index (χ4n) is 2.90. The SMILES string of the molecule is Cn1cccc1CN(Cc1cccs1)C(=O)Nc1ccc(C(C)(C)C)cc1. The smallest absolute Gasteiger partial charge is 0.322 e. The van der Waals surface area contributed by atoms with Gasteiger partial charge in [-0.25, -0.2) is 4.79 Å². The Balaban J connectivity index is 1.74. The van der Waals surface area contributed by atoms with Crippen LogP contribution in [-0.4, -0.2) is 15.5 Å². The highest BCUT2D eigenvalue weighted by atomic mass is 32.1. The van der Waals surface area contributed by atoms with E-state index in [2.05, 4.69) is 44.3 Å². The van der Waals surface area contributed by atoms with Gasteiger partial charge in [-0.15, -0.1) is 11.3 Å². The Morgan fingerprint density at radius 2 is 1.81 bits per heavy atom. The number of carbonyl (C=O) groups is 1. The van der Waals surface area contributed by atoms with E-state index in [4.69, 9.17) is 0 Å². The summed E-state index contributed by atoms with van der Waals surface area (Å²) in [6.07, 6.45) is 2.00. The molecule has 0 aliphatic heterocycles. The van der Waals surface area contributed by atoms with Crippen molar-refractivity contribution in [1.29, 1.82) is 0 Å². The van der Waals surface area contributed by atoms with Crippen molar-refractivity contribution < 1.29 is 4.79 Å². The van der Waals surface area contributed by atoms with Crippen molar-refractivity contribution in [2.75, 3.05) is 5.32 Å². The maximum Gasteiger partial charge on any atom is 0.322 e. The quantitative estimate of drug-likeness (QED) is 0.612. The van der Waals surface area contributed by atoms with Gasteiger partial charge in [-0.05, 0) is 46.7 Å². The van der Waals surface area contributed by atoms with Crippen molar-refractivity contribution in [3.05, 3.63) is 76.2 Å². The second kappa shape index (κ2) is 8.01. The topological polar surface area (TPSA) is 37.3 Å². The van der Waals surface area contributed by atoms with Gasteiger partial charge in [0.15, 0.2) is 0 Å². The molecular weight excluding hydrogens is 354 g/mol. The van der Waals surface area contributed by atoms with E-state index in [9.17, 15) is 4.79 Å². The summed E-state index contributed by atoms with van der Waals surface area (Å²) >= 11 is 1.67. The zero-order valence-electron chi connectivity index (χ0n) is 16.4. The van der Waals surface area contributed by atoms with Crippen molar-refractivity contribution >= 4 is 23.1 Å². The Morgan fingerprint density at radius 3 is 2.37 bits per heavy atom. The minimum atomic E-state index is -0.0897. The molecule has 2 amide bonds. The number of aryl methyl sites for hydroxylation is 1. The van der Waals surface area contributed by atoms with Crippen molar-refractivity contribution in [3.8, 4) is 0 Å². The van der Waals surface area contributed by atoms with Crippen LogP contribution in [0.2, 0.25) is 0 Å². The lowest BCUT2D eigenvalue weighted by Crippen LogP contribution is -2.34. The zero-order valence-corrected chi connectivity index (χ0v) is 17.2. The highest BCUT2D eigenvalue weighted by molar-refractivity contribution is 7.09. The van der Waals surface area contributed by atoms with Crippen LogP contribution < -0.4 is 5.32 Å². The molecule has 0 radical (unpaired) electrons. The Morgan fingerprint density at radius 1 is 1.07 bits per heavy atom. The first-order chi connectivity index (χ1) is 12.8. The number of urea groups is 1. The molecule has 142 valence electrons. The van der Waals surface area contributed by atoms with E-state index in [1.165, 1.54) is 10.4 Å². The molecule has 5 heteroatoms. The molecule has 1 N–H and O–H groups in total. The molecule has 0 bridgehead atoms. The van der Waals surface area contributed by atoms with Crippen LogP contribution in [0.1, 0.15) is 36.9 Å². The maximum atomic E-state index is 13.0. The van der Waals surface area contributed by atoms with Crippen molar-refractivity contribution in [2.24, 2.45) is 7.05 Å². The Bertz CT molecular complexity index is 873. The standard InChI is InChI=1S/C22H27N3OS/c1-22(2,3)17-9-11-18(12-10-17)23-21(26)25(16-20-8-6-14-27-20)15-19-7-5-13-24(19)4/h5-14H,15-16H2,1-4H3,(H,23,26). The lowest BCUT2D eigenvalue weighted by atomic mass is 9.87. The minimum absolute atomic E-state index is 0.0897. The van der Waals surface area contributed by atoms with Gasteiger partial charge in [0.2, 0.25) is 0 Å². The van der Waals surface area contributed by atoms with Crippen LogP contribution in [0.3, 0.4) is 0 Å². The molecule has 2 aromatic heterocycles. The zero-order chi connectivity index (χ0) is 19.4. The number of rotatable bonds is 5. The van der Waals surface area contributed by atoms with Crippen molar-refractivity contribution in [1.82, 2.24) is 9.47 Å². The molecule has 3 rings (SSSR count). The number of nitrogens with one attached hydrogen (secondary N) is 1. The number of hydrogen-bond acceptors (Lipinski definition) is 2. The summed E-state index contributed by atoms with van der Waals surface area (Å²) in [4.78, 5) is 16.0. The number of benzene rings is 1. The van der Waals surface area contributed by atoms with E-state index in [0.717, 1.165) is 11.4 Å². The first kappa shape index (κ1) is 19.2. The molecule has 0 aliphatic rings. The predicted molar refractivity (Wildman–Crippen MR) is 113 cm³/mol. The van der Waals surface area contributed by atoms with E-state index in [-0.39, 0.29) is 11.4 Å². The molecule has 2 heterocycles. The summed E-state index contributed by atoms with van der Waals surface area (Å²) in [7, 11) is 2.00. The lowest BCUT2D eigenvalue weighted by molar-refractivity contribution is 0.205. The highest BCUT2D eigenvalue weighted by Gasteiger charge is 2.18. The fourth-order valence-corrected chi connectivity index (χ4v) is 3.62. The summed E-state index contributed by atoms with van der Waals surface area (Å²) < 4.78 is 2.05. The number of anilines is 1. The van der Waals surface area contributed by atoms with Gasteiger partial charge in [0.05, 0.1) is 13.1 Å². The minimum Gasteiger partial charge on any atom is -0.353 e. The molecule has 4 nitrogen and oxygen atoms in total. The summed E-state index contributed by atoms with van der Waals surface area (Å²) in [5.74, 6) is 0. The molecule has 1 aromatic carbocycles. The number of hydrogen-bond donors (Lipinski definition) is 1. The Hall–Kier alpha value is -2.53. The fraction of sp³-hybridized carbons (Fsp3) is 0.318. The molecule has 27 heavy (non-hydrogen) atoms. The Kier molecular flexibility index (Phi) is 5.71. The number of carbonyl (C=O) groups excluding carboxylic acids is 1. The van der Waals surface area contributed by atoms with Crippen LogP contribution in [0.5, 0.6) is 0 Å². The number of amides is 2. The van der Waals surface area contributed by atoms with Gasteiger partial charge < -0.3 is 14.8 Å². The average Bonchev–Trinajstić information content (AvgIpc) is 3.26. The second-order valence-corrected chi connectivity index (χ2v) is 8.84. The van der Waals surface area contributed by atoms with Crippen molar-refractivity contribution in [3.63, 3.8) is 0 Å². The monoisotopic (exact) mass is 381 g/mol. The molecule has 0 fully saturated rings. The normalized spacial score (nSPS) is 11.4. The number of aromatic nitrogens is 1. The third-order valence-electron chi connectivity index (χ3n) is 4.62. The summed E-state index contributed by atoms with van der Waals surface area (Å²) in [6, 6.07) is 16.2.